The van der Waals surface area contributed by atoms with Crippen molar-refractivity contribution in [2.45, 2.75) is 39.2 Å². The van der Waals surface area contributed by atoms with E-state index in [1.807, 2.05) is 36.1 Å². The van der Waals surface area contributed by atoms with Crippen molar-refractivity contribution in [3.05, 3.63) is 41.7 Å². The number of urea groups is 2. The third kappa shape index (κ3) is 7.72. The number of amides is 4. The fourth-order valence-electron chi connectivity index (χ4n) is 3.73. The van der Waals surface area contributed by atoms with Gasteiger partial charge < -0.3 is 36.7 Å². The number of benzene rings is 1. The van der Waals surface area contributed by atoms with Gasteiger partial charge in [0.15, 0.2) is 0 Å². The molecule has 1 aromatic heterocycles. The van der Waals surface area contributed by atoms with Crippen LogP contribution in [0.25, 0.3) is 0 Å². The van der Waals surface area contributed by atoms with E-state index in [9.17, 15) is 9.59 Å². The molecule has 0 radical (unpaired) electrons. The Hall–Kier alpha value is -4.09. The van der Waals surface area contributed by atoms with Gasteiger partial charge in [0.25, 0.3) is 0 Å². The third-order valence-electron chi connectivity index (χ3n) is 5.62. The molecule has 0 saturated carbocycles. The molecule has 1 aromatic carbocycles. The lowest BCUT2D eigenvalue weighted by Gasteiger charge is -2.20. The maximum absolute atomic E-state index is 12.5. The van der Waals surface area contributed by atoms with Crippen molar-refractivity contribution in [3.63, 3.8) is 0 Å². The second kappa shape index (κ2) is 13.1. The van der Waals surface area contributed by atoms with E-state index in [4.69, 9.17) is 10.6 Å². The fourth-order valence-corrected chi connectivity index (χ4v) is 3.73. The molecule has 3 rings (SSSR count). The number of rotatable bonds is 10. The molecular formula is C24H35N9O3. The quantitative estimate of drug-likeness (QED) is 0.191. The fraction of sp³-hybridized carbons (Fsp3) is 0.458. The van der Waals surface area contributed by atoms with E-state index in [2.05, 4.69) is 50.2 Å². The van der Waals surface area contributed by atoms with Gasteiger partial charge in [-0.2, -0.15) is 0 Å². The van der Waals surface area contributed by atoms with Crippen LogP contribution in [0.3, 0.4) is 0 Å². The summed E-state index contributed by atoms with van der Waals surface area (Å²) in [7, 11) is 0. The summed E-state index contributed by atoms with van der Waals surface area (Å²) in [4.78, 5) is 39.5. The number of nitrogens with two attached hydrogens (primary N) is 1. The second-order valence-corrected chi connectivity index (χ2v) is 8.66. The standard InChI is InChI=1S/C24H35N9O3/c1-4-26-23(34)27-10-12-36-30-13-20-21(25)28-15-29-22(20)33-11-9-19(14-33)32-24(35)31-18-7-5-17(6-8-18)16(2)3/h5-8,13,15-16,19H,4,9-12,14H2,1-3H3,(H2,25,28,29)(H2,26,27,34)(H2,31,32,35)/b30-13+. The molecular weight excluding hydrogens is 462 g/mol. The molecule has 36 heavy (non-hydrogen) atoms. The molecule has 6 N–H and O–H groups in total. The molecule has 0 spiro atoms. The first-order chi connectivity index (χ1) is 17.4. The molecule has 1 saturated heterocycles. The average Bonchev–Trinajstić information content (AvgIpc) is 3.30. The number of oxime groups is 1. The Morgan fingerprint density at radius 2 is 2.00 bits per heavy atom. The maximum Gasteiger partial charge on any atom is 0.319 e. The van der Waals surface area contributed by atoms with Crippen LogP contribution in [0, 0.1) is 0 Å². The van der Waals surface area contributed by atoms with Crippen LogP contribution >= 0.6 is 0 Å². The van der Waals surface area contributed by atoms with Gasteiger partial charge in [0.1, 0.15) is 24.6 Å². The number of hydrogen-bond acceptors (Lipinski definition) is 8. The first-order valence-electron chi connectivity index (χ1n) is 12.1. The summed E-state index contributed by atoms with van der Waals surface area (Å²) in [5.74, 6) is 1.32. The van der Waals surface area contributed by atoms with Crippen molar-refractivity contribution in [2.75, 3.05) is 48.7 Å². The van der Waals surface area contributed by atoms with Crippen molar-refractivity contribution in [3.8, 4) is 0 Å². The molecule has 2 heterocycles. The van der Waals surface area contributed by atoms with Crippen LogP contribution in [-0.2, 0) is 4.84 Å². The number of carbonyl (C=O) groups excluding carboxylic acids is 2. The normalized spacial score (nSPS) is 15.2. The Balaban J connectivity index is 1.51. The largest absolute Gasteiger partial charge is 0.394 e. The van der Waals surface area contributed by atoms with Gasteiger partial charge in [-0.05, 0) is 37.0 Å². The van der Waals surface area contributed by atoms with Crippen LogP contribution in [0.4, 0.5) is 26.9 Å². The van der Waals surface area contributed by atoms with Crippen LogP contribution in [-0.4, -0.2) is 67.1 Å². The summed E-state index contributed by atoms with van der Waals surface area (Å²) in [5.41, 5.74) is 8.56. The highest BCUT2D eigenvalue weighted by Crippen LogP contribution is 2.24. The number of aromatic nitrogens is 2. The summed E-state index contributed by atoms with van der Waals surface area (Å²) < 4.78 is 0. The van der Waals surface area contributed by atoms with Gasteiger partial charge in [0.2, 0.25) is 0 Å². The van der Waals surface area contributed by atoms with Crippen molar-refractivity contribution in [1.82, 2.24) is 25.9 Å². The minimum atomic E-state index is -0.261. The Kier molecular flexibility index (Phi) is 9.66. The van der Waals surface area contributed by atoms with Crippen molar-refractivity contribution < 1.29 is 14.4 Å². The van der Waals surface area contributed by atoms with Crippen molar-refractivity contribution in [1.29, 1.82) is 0 Å². The Morgan fingerprint density at radius 3 is 2.72 bits per heavy atom. The highest BCUT2D eigenvalue weighted by atomic mass is 16.6. The molecule has 0 bridgehead atoms. The predicted octanol–water partition coefficient (Wildman–Crippen LogP) is 2.25. The SMILES string of the molecule is CCNC(=O)NCCO/N=C/c1c(N)ncnc1N1CCC(NC(=O)Nc2ccc(C(C)C)cc2)C1. The number of carbonyl (C=O) groups is 2. The van der Waals surface area contributed by atoms with Crippen LogP contribution in [0.5, 0.6) is 0 Å². The molecule has 1 aliphatic heterocycles. The Morgan fingerprint density at radius 1 is 1.22 bits per heavy atom. The molecule has 12 heteroatoms. The molecule has 1 fully saturated rings. The van der Waals surface area contributed by atoms with Crippen LogP contribution in [0.2, 0.25) is 0 Å². The van der Waals surface area contributed by atoms with Gasteiger partial charge in [-0.1, -0.05) is 31.1 Å². The zero-order valence-electron chi connectivity index (χ0n) is 21.0. The predicted molar refractivity (Wildman–Crippen MR) is 140 cm³/mol. The van der Waals surface area contributed by atoms with Gasteiger partial charge in [-0.3, -0.25) is 0 Å². The zero-order chi connectivity index (χ0) is 25.9. The van der Waals surface area contributed by atoms with Gasteiger partial charge >= 0.3 is 12.1 Å². The van der Waals surface area contributed by atoms with Crippen molar-refractivity contribution in [2.24, 2.45) is 5.16 Å². The lowest BCUT2D eigenvalue weighted by molar-refractivity contribution is 0.148. The third-order valence-corrected chi connectivity index (χ3v) is 5.62. The van der Waals surface area contributed by atoms with E-state index < -0.39 is 0 Å². The van der Waals surface area contributed by atoms with Crippen molar-refractivity contribution >= 4 is 35.6 Å². The summed E-state index contributed by atoms with van der Waals surface area (Å²) >= 11 is 0. The van der Waals surface area contributed by atoms with E-state index in [-0.39, 0.29) is 30.5 Å². The average molecular weight is 498 g/mol. The number of hydrogen-bond donors (Lipinski definition) is 5. The lowest BCUT2D eigenvalue weighted by Crippen LogP contribution is -2.40. The number of nitrogens with zero attached hydrogens (tertiary/aromatic N) is 4. The number of nitrogens with one attached hydrogen (secondary N) is 4. The Labute approximate surface area is 211 Å². The van der Waals surface area contributed by atoms with E-state index >= 15 is 0 Å². The lowest BCUT2D eigenvalue weighted by atomic mass is 10.0. The summed E-state index contributed by atoms with van der Waals surface area (Å²) in [6.07, 6.45) is 3.61. The molecule has 4 amide bonds. The first kappa shape index (κ1) is 26.5. The van der Waals surface area contributed by atoms with Crippen LogP contribution < -0.4 is 31.9 Å². The molecule has 1 atom stereocenters. The molecule has 1 aliphatic rings. The molecule has 12 nitrogen and oxygen atoms in total. The smallest absolute Gasteiger partial charge is 0.319 e. The summed E-state index contributed by atoms with van der Waals surface area (Å²) in [6.45, 7) is 8.39. The van der Waals surface area contributed by atoms with Gasteiger partial charge in [-0.15, -0.1) is 0 Å². The molecule has 2 aromatic rings. The van der Waals surface area contributed by atoms with E-state index in [0.29, 0.717) is 43.5 Å². The Bertz CT molecular complexity index is 1040. The van der Waals surface area contributed by atoms with E-state index in [1.165, 1.54) is 18.1 Å². The van der Waals surface area contributed by atoms with E-state index in [1.54, 1.807) is 0 Å². The minimum Gasteiger partial charge on any atom is -0.394 e. The minimum absolute atomic E-state index is 0.0579. The van der Waals surface area contributed by atoms with Crippen LogP contribution in [0.1, 0.15) is 44.2 Å². The number of anilines is 3. The number of nitrogen functional groups attached to an aromatic ring is 1. The van der Waals surface area contributed by atoms with Gasteiger partial charge in [-0.25, -0.2) is 19.6 Å². The second-order valence-electron chi connectivity index (χ2n) is 8.66. The zero-order valence-corrected chi connectivity index (χ0v) is 21.0. The topological polar surface area (TPSA) is 159 Å². The first-order valence-corrected chi connectivity index (χ1v) is 12.1. The van der Waals surface area contributed by atoms with Gasteiger partial charge in [0, 0.05) is 31.4 Å². The molecule has 194 valence electrons. The summed E-state index contributed by atoms with van der Waals surface area (Å²) in [6, 6.07) is 7.28. The highest BCUT2D eigenvalue weighted by Gasteiger charge is 2.27. The van der Waals surface area contributed by atoms with E-state index in [0.717, 1.165) is 12.1 Å². The molecule has 1 unspecified atom stereocenters. The highest BCUT2D eigenvalue weighted by molar-refractivity contribution is 5.92. The van der Waals surface area contributed by atoms with Crippen LogP contribution in [0.15, 0.2) is 35.7 Å². The molecule has 0 aliphatic carbocycles. The monoisotopic (exact) mass is 497 g/mol. The van der Waals surface area contributed by atoms with Gasteiger partial charge in [0.05, 0.1) is 18.3 Å². The maximum atomic E-state index is 12.5. The summed E-state index contributed by atoms with van der Waals surface area (Å²) in [5, 5.41) is 15.1.